The number of amides is 1. The quantitative estimate of drug-likeness (QED) is 0.391. The molecule has 1 aromatic carbocycles. The predicted molar refractivity (Wildman–Crippen MR) is 116 cm³/mol. The number of aliphatic imine (C=N–C) groups is 1. The Morgan fingerprint density at radius 3 is 2.58 bits per heavy atom. The molecule has 1 amide bonds. The van der Waals surface area contributed by atoms with Gasteiger partial charge in [-0.25, -0.2) is 0 Å². The lowest BCUT2D eigenvalue weighted by Gasteiger charge is -2.34. The van der Waals surface area contributed by atoms with Crippen molar-refractivity contribution in [1.29, 1.82) is 0 Å². The van der Waals surface area contributed by atoms with Crippen molar-refractivity contribution in [2.75, 3.05) is 34.3 Å². The molecule has 1 heterocycles. The Bertz CT molecular complexity index is 614. The molecule has 0 aliphatic carbocycles. The maximum atomic E-state index is 11.5. The van der Waals surface area contributed by atoms with Crippen LogP contribution in [0.2, 0.25) is 0 Å². The van der Waals surface area contributed by atoms with Crippen LogP contribution >= 0.6 is 24.0 Å². The molecule has 2 rings (SSSR count). The summed E-state index contributed by atoms with van der Waals surface area (Å²) in [6.07, 6.45) is 2.66. The van der Waals surface area contributed by atoms with Gasteiger partial charge in [-0.15, -0.1) is 24.0 Å². The van der Waals surface area contributed by atoms with Gasteiger partial charge in [-0.2, -0.15) is 0 Å². The van der Waals surface area contributed by atoms with Crippen molar-refractivity contribution in [3.63, 3.8) is 0 Å². The standard InChI is InChI=1S/C19H30N4O2.HI/c1-14-9-16(11-17(10-14)25-4)13-22-19(21-3)23-7-5-15(6-8-23)12-18(24)20-2;/h9-11,15H,5-8,12-13H2,1-4H3,(H,20,24)(H,21,22);1H. The van der Waals surface area contributed by atoms with E-state index in [1.807, 2.05) is 19.2 Å². The van der Waals surface area contributed by atoms with Crippen LogP contribution in [0.4, 0.5) is 0 Å². The molecule has 7 heteroatoms. The van der Waals surface area contributed by atoms with Gasteiger partial charge < -0.3 is 20.3 Å². The molecule has 2 N–H and O–H groups in total. The van der Waals surface area contributed by atoms with Gasteiger partial charge in [0.1, 0.15) is 5.75 Å². The lowest BCUT2D eigenvalue weighted by Crippen LogP contribution is -2.45. The summed E-state index contributed by atoms with van der Waals surface area (Å²) in [5.41, 5.74) is 2.36. The van der Waals surface area contributed by atoms with Crippen molar-refractivity contribution in [1.82, 2.24) is 15.5 Å². The van der Waals surface area contributed by atoms with E-state index in [2.05, 4.69) is 33.5 Å². The van der Waals surface area contributed by atoms with Crippen molar-refractivity contribution >= 4 is 35.8 Å². The average Bonchev–Trinajstić information content (AvgIpc) is 2.62. The van der Waals surface area contributed by atoms with Crippen LogP contribution in [-0.2, 0) is 11.3 Å². The number of rotatable bonds is 5. The fourth-order valence-electron chi connectivity index (χ4n) is 3.27. The van der Waals surface area contributed by atoms with E-state index < -0.39 is 0 Å². The Balaban J connectivity index is 0.00000338. The van der Waals surface area contributed by atoms with E-state index in [1.165, 1.54) is 11.1 Å². The summed E-state index contributed by atoms with van der Waals surface area (Å²) in [4.78, 5) is 18.2. The van der Waals surface area contributed by atoms with E-state index in [0.29, 0.717) is 18.9 Å². The molecule has 0 saturated carbocycles. The number of nitrogens with one attached hydrogen (secondary N) is 2. The number of aryl methyl sites for hydroxylation is 1. The number of hydrogen-bond donors (Lipinski definition) is 2. The van der Waals surface area contributed by atoms with Gasteiger partial charge in [0.05, 0.1) is 7.11 Å². The fourth-order valence-corrected chi connectivity index (χ4v) is 3.27. The Hall–Kier alpha value is -1.51. The van der Waals surface area contributed by atoms with E-state index in [-0.39, 0.29) is 29.9 Å². The zero-order chi connectivity index (χ0) is 18.2. The number of benzene rings is 1. The van der Waals surface area contributed by atoms with Gasteiger partial charge in [-0.1, -0.05) is 6.07 Å². The van der Waals surface area contributed by atoms with Crippen LogP contribution in [0.1, 0.15) is 30.4 Å². The monoisotopic (exact) mass is 474 g/mol. The normalized spacial score (nSPS) is 15.2. The summed E-state index contributed by atoms with van der Waals surface area (Å²) in [5.74, 6) is 2.39. The summed E-state index contributed by atoms with van der Waals surface area (Å²) in [5, 5.41) is 6.15. The van der Waals surface area contributed by atoms with Crippen LogP contribution in [0.5, 0.6) is 5.75 Å². The first kappa shape index (κ1) is 22.5. The SMILES string of the molecule is CN=C(NCc1cc(C)cc(OC)c1)N1CCC(CC(=O)NC)CC1.I. The van der Waals surface area contributed by atoms with Crippen LogP contribution in [0.3, 0.4) is 0 Å². The highest BCUT2D eigenvalue weighted by Gasteiger charge is 2.23. The molecule has 1 aromatic rings. The zero-order valence-electron chi connectivity index (χ0n) is 16.2. The largest absolute Gasteiger partial charge is 0.497 e. The number of likely N-dealkylation sites (tertiary alicyclic amines) is 1. The van der Waals surface area contributed by atoms with E-state index in [0.717, 1.165) is 37.6 Å². The minimum absolute atomic E-state index is 0. The number of piperidine rings is 1. The number of ether oxygens (including phenoxy) is 1. The lowest BCUT2D eigenvalue weighted by molar-refractivity contribution is -0.121. The molecule has 6 nitrogen and oxygen atoms in total. The van der Waals surface area contributed by atoms with Crippen LogP contribution in [0, 0.1) is 12.8 Å². The van der Waals surface area contributed by atoms with Crippen molar-refractivity contribution in [3.05, 3.63) is 29.3 Å². The zero-order valence-corrected chi connectivity index (χ0v) is 18.5. The molecular formula is C19H31IN4O2. The number of carbonyl (C=O) groups excluding carboxylic acids is 1. The summed E-state index contributed by atoms with van der Waals surface area (Å²) in [7, 11) is 5.20. The molecule has 0 radical (unpaired) electrons. The Kier molecular flexibility index (Phi) is 9.75. The van der Waals surface area contributed by atoms with E-state index in [1.54, 1.807) is 14.2 Å². The molecule has 0 spiro atoms. The Labute approximate surface area is 173 Å². The second kappa shape index (κ2) is 11.3. The molecule has 0 bridgehead atoms. The Morgan fingerprint density at radius 2 is 2.00 bits per heavy atom. The van der Waals surface area contributed by atoms with Crippen LogP contribution in [0.25, 0.3) is 0 Å². The van der Waals surface area contributed by atoms with Gasteiger partial charge in [-0.3, -0.25) is 9.79 Å². The molecule has 0 unspecified atom stereocenters. The van der Waals surface area contributed by atoms with Gasteiger partial charge in [0.25, 0.3) is 0 Å². The van der Waals surface area contributed by atoms with E-state index in [4.69, 9.17) is 4.74 Å². The van der Waals surface area contributed by atoms with Crippen molar-refractivity contribution in [2.45, 2.75) is 32.7 Å². The topological polar surface area (TPSA) is 66.0 Å². The molecular weight excluding hydrogens is 443 g/mol. The van der Waals surface area contributed by atoms with Crippen LogP contribution in [0.15, 0.2) is 23.2 Å². The molecule has 146 valence electrons. The second-order valence-electron chi connectivity index (χ2n) is 6.57. The van der Waals surface area contributed by atoms with Crippen molar-refractivity contribution in [2.24, 2.45) is 10.9 Å². The van der Waals surface area contributed by atoms with Gasteiger partial charge >= 0.3 is 0 Å². The summed E-state index contributed by atoms with van der Waals surface area (Å²) < 4.78 is 5.34. The number of halogens is 1. The summed E-state index contributed by atoms with van der Waals surface area (Å²) in [6.45, 7) is 4.64. The maximum absolute atomic E-state index is 11.5. The molecule has 0 aromatic heterocycles. The number of methoxy groups -OCH3 is 1. The third kappa shape index (κ3) is 6.66. The molecule has 0 atom stereocenters. The number of carbonyl (C=O) groups is 1. The average molecular weight is 474 g/mol. The third-order valence-corrected chi connectivity index (χ3v) is 4.68. The summed E-state index contributed by atoms with van der Waals surface area (Å²) in [6, 6.07) is 6.22. The van der Waals surface area contributed by atoms with Gasteiger partial charge in [0.15, 0.2) is 5.96 Å². The number of nitrogens with zero attached hydrogens (tertiary/aromatic N) is 2. The van der Waals surface area contributed by atoms with Crippen LogP contribution in [-0.4, -0.2) is 51.1 Å². The number of hydrogen-bond acceptors (Lipinski definition) is 3. The molecule has 26 heavy (non-hydrogen) atoms. The smallest absolute Gasteiger partial charge is 0.220 e. The highest BCUT2D eigenvalue weighted by Crippen LogP contribution is 2.21. The lowest BCUT2D eigenvalue weighted by atomic mass is 9.93. The minimum atomic E-state index is 0. The number of guanidine groups is 1. The minimum Gasteiger partial charge on any atom is -0.497 e. The Morgan fingerprint density at radius 1 is 1.31 bits per heavy atom. The van der Waals surface area contributed by atoms with Gasteiger partial charge in [0.2, 0.25) is 5.91 Å². The van der Waals surface area contributed by atoms with E-state index >= 15 is 0 Å². The first-order valence-corrected chi connectivity index (χ1v) is 8.86. The third-order valence-electron chi connectivity index (χ3n) is 4.68. The first-order valence-electron chi connectivity index (χ1n) is 8.86. The molecule has 1 aliphatic rings. The highest BCUT2D eigenvalue weighted by molar-refractivity contribution is 14.0. The van der Waals surface area contributed by atoms with E-state index in [9.17, 15) is 4.79 Å². The first-order chi connectivity index (χ1) is 12.0. The van der Waals surface area contributed by atoms with Crippen LogP contribution < -0.4 is 15.4 Å². The molecule has 1 fully saturated rings. The van der Waals surface area contributed by atoms with Gasteiger partial charge in [0, 0.05) is 40.2 Å². The maximum Gasteiger partial charge on any atom is 0.220 e. The van der Waals surface area contributed by atoms with Gasteiger partial charge in [-0.05, 0) is 48.9 Å². The van der Waals surface area contributed by atoms with Crippen molar-refractivity contribution in [3.8, 4) is 5.75 Å². The molecule has 1 aliphatic heterocycles. The van der Waals surface area contributed by atoms with Crippen molar-refractivity contribution < 1.29 is 9.53 Å². The summed E-state index contributed by atoms with van der Waals surface area (Å²) >= 11 is 0. The predicted octanol–water partition coefficient (Wildman–Crippen LogP) is 2.55. The highest BCUT2D eigenvalue weighted by atomic mass is 127. The second-order valence-corrected chi connectivity index (χ2v) is 6.57. The fraction of sp³-hybridized carbons (Fsp3) is 0.579. The molecule has 1 saturated heterocycles.